The summed E-state index contributed by atoms with van der Waals surface area (Å²) >= 11 is 0. The molecule has 1 fully saturated rings. The summed E-state index contributed by atoms with van der Waals surface area (Å²) in [6.07, 6.45) is -0.0163. The molecule has 2 unspecified atom stereocenters. The number of methoxy groups -OCH3 is 1. The normalized spacial score (nSPS) is 34.6. The van der Waals surface area contributed by atoms with Gasteiger partial charge in [-0.2, -0.15) is 0 Å². The molecule has 3 nitrogen and oxygen atoms in total. The monoisotopic (exact) mass is 172 g/mol. The number of hydrogen-bond donors (Lipinski definition) is 0. The van der Waals surface area contributed by atoms with E-state index in [0.29, 0.717) is 0 Å². The minimum Gasteiger partial charge on any atom is -0.467 e. The maximum Gasteiger partial charge on any atom is 0.340 e. The van der Waals surface area contributed by atoms with Gasteiger partial charge < -0.3 is 9.47 Å². The van der Waals surface area contributed by atoms with Gasteiger partial charge in [0.25, 0.3) is 0 Å². The molecule has 1 rings (SSSR count). The van der Waals surface area contributed by atoms with Crippen molar-refractivity contribution < 1.29 is 14.3 Å². The van der Waals surface area contributed by atoms with E-state index in [9.17, 15) is 4.79 Å². The highest BCUT2D eigenvalue weighted by molar-refractivity contribution is 5.82. The fraction of sp³-hybridized carbons (Fsp3) is 0.889. The number of rotatable bonds is 1. The van der Waals surface area contributed by atoms with Crippen molar-refractivity contribution in [1.82, 2.24) is 0 Å². The first kappa shape index (κ1) is 9.52. The van der Waals surface area contributed by atoms with Crippen molar-refractivity contribution in [2.45, 2.75) is 39.4 Å². The summed E-state index contributed by atoms with van der Waals surface area (Å²) in [6, 6.07) is 0. The molecule has 3 heteroatoms. The molecule has 0 radical (unpaired) electrons. The third-order valence-electron chi connectivity index (χ3n) is 2.18. The zero-order valence-corrected chi connectivity index (χ0v) is 8.30. The van der Waals surface area contributed by atoms with E-state index in [-0.39, 0.29) is 17.5 Å². The van der Waals surface area contributed by atoms with Crippen LogP contribution in [0.4, 0.5) is 0 Å². The van der Waals surface area contributed by atoms with Gasteiger partial charge in [0.15, 0.2) is 5.60 Å². The van der Waals surface area contributed by atoms with Crippen LogP contribution in [0.5, 0.6) is 0 Å². The third-order valence-corrected chi connectivity index (χ3v) is 2.18. The molecule has 0 N–H and O–H groups in total. The Kier molecular flexibility index (Phi) is 1.95. The number of carbonyl (C=O) groups excluding carboxylic acids is 1. The van der Waals surface area contributed by atoms with E-state index in [1.807, 2.05) is 20.8 Å². The van der Waals surface area contributed by atoms with Crippen molar-refractivity contribution in [3.05, 3.63) is 0 Å². The van der Waals surface area contributed by atoms with Crippen LogP contribution in [0.25, 0.3) is 0 Å². The Bertz CT molecular complexity index is 204. The molecule has 12 heavy (non-hydrogen) atoms. The molecule has 1 heterocycles. The maximum absolute atomic E-state index is 11.2. The summed E-state index contributed by atoms with van der Waals surface area (Å²) in [7, 11) is 1.38. The molecule has 70 valence electrons. The average Bonchev–Trinajstić information content (AvgIpc) is 2.61. The first-order valence-electron chi connectivity index (χ1n) is 4.08. The molecule has 0 aliphatic carbocycles. The second kappa shape index (κ2) is 2.46. The Labute approximate surface area is 73.0 Å². The lowest BCUT2D eigenvalue weighted by Gasteiger charge is -2.16. The van der Waals surface area contributed by atoms with E-state index in [4.69, 9.17) is 4.74 Å². The van der Waals surface area contributed by atoms with Gasteiger partial charge in [0.2, 0.25) is 0 Å². The van der Waals surface area contributed by atoms with E-state index in [2.05, 4.69) is 4.74 Å². The number of carbonyl (C=O) groups is 1. The standard InChI is InChI=1S/C9H16O3/c1-8(2,3)6-9(4,12-6)7(10)11-5/h6H,1-5H3. The van der Waals surface area contributed by atoms with Crippen LogP contribution >= 0.6 is 0 Å². The van der Waals surface area contributed by atoms with E-state index in [0.717, 1.165) is 0 Å². The molecule has 0 saturated carbocycles. The molecule has 0 aromatic heterocycles. The first-order valence-corrected chi connectivity index (χ1v) is 4.08. The van der Waals surface area contributed by atoms with Crippen molar-refractivity contribution in [3.63, 3.8) is 0 Å². The lowest BCUT2D eigenvalue weighted by molar-refractivity contribution is -0.146. The van der Waals surface area contributed by atoms with Crippen LogP contribution in [0.1, 0.15) is 27.7 Å². The molecule has 2 atom stereocenters. The van der Waals surface area contributed by atoms with Crippen molar-refractivity contribution in [2.24, 2.45) is 5.41 Å². The van der Waals surface area contributed by atoms with Gasteiger partial charge in [0.1, 0.15) is 6.10 Å². The summed E-state index contributed by atoms with van der Waals surface area (Å²) in [6.45, 7) is 7.92. The Morgan fingerprint density at radius 1 is 1.50 bits per heavy atom. The lowest BCUT2D eigenvalue weighted by Crippen LogP contribution is -2.30. The molecule has 0 aromatic rings. The molecule has 0 aromatic carbocycles. The number of esters is 1. The highest BCUT2D eigenvalue weighted by Crippen LogP contribution is 2.47. The number of epoxide rings is 1. The highest BCUT2D eigenvalue weighted by Gasteiger charge is 2.64. The molecule has 1 saturated heterocycles. The zero-order valence-electron chi connectivity index (χ0n) is 8.30. The van der Waals surface area contributed by atoms with Crippen LogP contribution in [-0.2, 0) is 14.3 Å². The van der Waals surface area contributed by atoms with Gasteiger partial charge in [-0.05, 0) is 12.3 Å². The van der Waals surface area contributed by atoms with Crippen LogP contribution in [0, 0.1) is 5.41 Å². The molecular weight excluding hydrogens is 156 g/mol. The van der Waals surface area contributed by atoms with Gasteiger partial charge >= 0.3 is 5.97 Å². The summed E-state index contributed by atoms with van der Waals surface area (Å²) < 4.78 is 9.99. The quantitative estimate of drug-likeness (QED) is 0.443. The van der Waals surface area contributed by atoms with Crippen LogP contribution in [0.2, 0.25) is 0 Å². The van der Waals surface area contributed by atoms with Crippen molar-refractivity contribution in [2.75, 3.05) is 7.11 Å². The molecular formula is C9H16O3. The fourth-order valence-corrected chi connectivity index (χ4v) is 1.57. The maximum atomic E-state index is 11.2. The molecule has 0 amide bonds. The highest BCUT2D eigenvalue weighted by atomic mass is 16.7. The SMILES string of the molecule is COC(=O)C1(C)OC1C(C)(C)C. The van der Waals surface area contributed by atoms with Crippen molar-refractivity contribution >= 4 is 5.97 Å². The molecule has 1 aliphatic heterocycles. The topological polar surface area (TPSA) is 38.8 Å². The van der Waals surface area contributed by atoms with E-state index >= 15 is 0 Å². The van der Waals surface area contributed by atoms with Crippen LogP contribution in [0.3, 0.4) is 0 Å². The van der Waals surface area contributed by atoms with Gasteiger partial charge in [-0.3, -0.25) is 0 Å². The lowest BCUT2D eigenvalue weighted by atomic mass is 9.85. The summed E-state index contributed by atoms with van der Waals surface area (Å²) in [5, 5.41) is 0. The van der Waals surface area contributed by atoms with Gasteiger partial charge in [0, 0.05) is 0 Å². The second-order valence-corrected chi connectivity index (χ2v) is 4.46. The third kappa shape index (κ3) is 1.33. The number of hydrogen-bond acceptors (Lipinski definition) is 3. The Morgan fingerprint density at radius 2 is 2.00 bits per heavy atom. The Balaban J connectivity index is 2.66. The van der Waals surface area contributed by atoms with Gasteiger partial charge in [-0.15, -0.1) is 0 Å². The predicted octanol–water partition coefficient (Wildman–Crippen LogP) is 1.36. The summed E-state index contributed by atoms with van der Waals surface area (Å²) in [5.41, 5.74) is -0.698. The Morgan fingerprint density at radius 3 is 2.25 bits per heavy atom. The fourth-order valence-electron chi connectivity index (χ4n) is 1.57. The average molecular weight is 172 g/mol. The molecule has 1 aliphatic rings. The first-order chi connectivity index (χ1) is 5.32. The minimum absolute atomic E-state index is 0.00292. The molecule has 0 spiro atoms. The van der Waals surface area contributed by atoms with Crippen molar-refractivity contribution in [3.8, 4) is 0 Å². The Hall–Kier alpha value is -0.570. The van der Waals surface area contributed by atoms with Gasteiger partial charge in [0.05, 0.1) is 7.11 Å². The van der Waals surface area contributed by atoms with E-state index in [1.165, 1.54) is 7.11 Å². The van der Waals surface area contributed by atoms with Gasteiger partial charge in [-0.25, -0.2) is 4.79 Å². The molecule has 0 bridgehead atoms. The zero-order chi connectivity index (χ0) is 9.57. The van der Waals surface area contributed by atoms with Crippen LogP contribution in [-0.4, -0.2) is 24.8 Å². The summed E-state index contributed by atoms with van der Waals surface area (Å²) in [4.78, 5) is 11.2. The summed E-state index contributed by atoms with van der Waals surface area (Å²) in [5.74, 6) is -0.276. The van der Waals surface area contributed by atoms with Crippen LogP contribution < -0.4 is 0 Å². The number of ether oxygens (including phenoxy) is 2. The van der Waals surface area contributed by atoms with Crippen LogP contribution in [0.15, 0.2) is 0 Å². The second-order valence-electron chi connectivity index (χ2n) is 4.46. The van der Waals surface area contributed by atoms with Crippen molar-refractivity contribution in [1.29, 1.82) is 0 Å². The largest absolute Gasteiger partial charge is 0.467 e. The van der Waals surface area contributed by atoms with Gasteiger partial charge in [-0.1, -0.05) is 20.8 Å². The predicted molar refractivity (Wildman–Crippen MR) is 44.7 cm³/mol. The van der Waals surface area contributed by atoms with E-state index < -0.39 is 5.60 Å². The minimum atomic E-state index is -0.701. The smallest absolute Gasteiger partial charge is 0.340 e. The van der Waals surface area contributed by atoms with E-state index in [1.54, 1.807) is 6.92 Å².